The van der Waals surface area contributed by atoms with Crippen molar-refractivity contribution < 1.29 is 34.1 Å². The van der Waals surface area contributed by atoms with Crippen LogP contribution in [0.2, 0.25) is 0 Å². The number of nitrogens with zero attached hydrogens (tertiary/aromatic N) is 1. The quantitative estimate of drug-likeness (QED) is 0.102. The van der Waals surface area contributed by atoms with Gasteiger partial charge in [-0.15, -0.1) is 6.58 Å². The number of nitrogens with one attached hydrogen (secondary N) is 1. The van der Waals surface area contributed by atoms with Crippen LogP contribution in [0.15, 0.2) is 36.4 Å². The van der Waals surface area contributed by atoms with E-state index in [4.69, 9.17) is 9.47 Å². The van der Waals surface area contributed by atoms with Gasteiger partial charge in [-0.1, -0.05) is 6.08 Å². The van der Waals surface area contributed by atoms with Crippen LogP contribution in [0.1, 0.15) is 81.0 Å². The lowest BCUT2D eigenvalue weighted by Crippen LogP contribution is -2.59. The summed E-state index contributed by atoms with van der Waals surface area (Å²) in [6.45, 7) is 4.27. The van der Waals surface area contributed by atoms with Gasteiger partial charge >= 0.3 is 0 Å². The highest BCUT2D eigenvalue weighted by molar-refractivity contribution is 14.1. The molecule has 0 spiro atoms. The molecule has 6 rings (SSSR count). The third-order valence-corrected chi connectivity index (χ3v) is 11.1. The number of hydrogen-bond acceptors (Lipinski definition) is 7. The van der Waals surface area contributed by atoms with E-state index in [0.717, 1.165) is 44.8 Å². The lowest BCUT2D eigenvalue weighted by Gasteiger charge is -2.58. The molecule has 5 aliphatic rings. The van der Waals surface area contributed by atoms with Gasteiger partial charge in [0.25, 0.3) is 0 Å². The molecule has 0 aliphatic heterocycles. The number of allylic oxidation sites excluding steroid dienone is 1. The Morgan fingerprint density at radius 1 is 1.16 bits per heavy atom. The molecule has 0 radical (unpaired) electrons. The fraction of sp³-hybridized carbons (Fsp3) is 0.629. The molecule has 10 heteroatoms. The molecule has 0 aromatic heterocycles. The highest BCUT2D eigenvalue weighted by Gasteiger charge is 2.53. The lowest BCUT2D eigenvalue weighted by molar-refractivity contribution is -0.147. The Labute approximate surface area is 279 Å². The fourth-order valence-electron chi connectivity index (χ4n) is 8.78. The summed E-state index contributed by atoms with van der Waals surface area (Å²) < 4.78 is 12.6. The van der Waals surface area contributed by atoms with Gasteiger partial charge in [-0.25, -0.2) is 0 Å². The van der Waals surface area contributed by atoms with E-state index in [1.54, 1.807) is 18.2 Å². The molecule has 0 heterocycles. The summed E-state index contributed by atoms with van der Waals surface area (Å²) >= 11 is 2.06. The summed E-state index contributed by atoms with van der Waals surface area (Å²) in [5, 5.41) is 24.1. The van der Waals surface area contributed by atoms with Gasteiger partial charge in [0.15, 0.2) is 11.5 Å². The van der Waals surface area contributed by atoms with Gasteiger partial charge in [0.1, 0.15) is 18.5 Å². The molecule has 4 bridgehead atoms. The summed E-state index contributed by atoms with van der Waals surface area (Å²) in [7, 11) is 1.48. The van der Waals surface area contributed by atoms with E-state index in [0.29, 0.717) is 56.9 Å². The molecule has 9 nitrogen and oxygen atoms in total. The van der Waals surface area contributed by atoms with Crippen LogP contribution in [0.5, 0.6) is 11.5 Å². The summed E-state index contributed by atoms with van der Waals surface area (Å²) in [4.78, 5) is 40.9. The number of aliphatic hydroxyl groups is 2. The number of halogens is 1. The first-order valence-electron chi connectivity index (χ1n) is 16.4. The van der Waals surface area contributed by atoms with Crippen LogP contribution in [0, 0.1) is 26.7 Å². The van der Waals surface area contributed by atoms with Crippen LogP contribution in [-0.2, 0) is 9.59 Å². The number of aldehydes is 1. The van der Waals surface area contributed by atoms with E-state index in [1.165, 1.54) is 26.4 Å². The molecule has 4 saturated carbocycles. The number of benzene rings is 1. The van der Waals surface area contributed by atoms with Crippen molar-refractivity contribution >= 4 is 40.7 Å². The lowest BCUT2D eigenvalue weighted by atomic mass is 9.49. The number of methoxy groups -OCH3 is 1. The molecule has 45 heavy (non-hydrogen) atoms. The highest BCUT2D eigenvalue weighted by atomic mass is 127. The van der Waals surface area contributed by atoms with Crippen LogP contribution in [0.25, 0.3) is 0 Å². The zero-order valence-corrected chi connectivity index (χ0v) is 28.4. The van der Waals surface area contributed by atoms with Crippen LogP contribution >= 0.6 is 22.6 Å². The van der Waals surface area contributed by atoms with Gasteiger partial charge in [-0.2, -0.15) is 0 Å². The number of carbonyl (C=O) groups is 3. The van der Waals surface area contributed by atoms with E-state index in [9.17, 15) is 24.6 Å². The maximum absolute atomic E-state index is 14.2. The van der Waals surface area contributed by atoms with Crippen molar-refractivity contribution in [2.24, 2.45) is 23.2 Å². The van der Waals surface area contributed by atoms with Crippen LogP contribution in [-0.4, -0.2) is 78.3 Å². The summed E-state index contributed by atoms with van der Waals surface area (Å²) in [5.74, 6) is 2.44. The number of carbonyl (C=O) groups excluding carboxylic acids is 3. The van der Waals surface area contributed by atoms with Gasteiger partial charge in [0.2, 0.25) is 11.8 Å². The normalized spacial score (nSPS) is 29.9. The summed E-state index contributed by atoms with van der Waals surface area (Å²) in [6, 6.07) is 2.57. The van der Waals surface area contributed by atoms with Gasteiger partial charge < -0.3 is 29.9 Å². The highest BCUT2D eigenvalue weighted by Crippen LogP contribution is 2.60. The van der Waals surface area contributed by atoms with E-state index in [1.807, 2.05) is 11.0 Å². The van der Waals surface area contributed by atoms with E-state index in [2.05, 4.69) is 34.5 Å². The third-order valence-electron chi connectivity index (χ3n) is 10.3. The van der Waals surface area contributed by atoms with Gasteiger partial charge in [-0.05, 0) is 122 Å². The minimum atomic E-state index is -1.11. The Hall–Kier alpha value is -2.44. The van der Waals surface area contributed by atoms with E-state index in [-0.39, 0.29) is 36.8 Å². The number of amides is 2. The molecule has 3 atom stereocenters. The summed E-state index contributed by atoms with van der Waals surface area (Å²) in [6.07, 6.45) is 12.3. The number of unbranched alkanes of at least 4 members (excludes halogenated alkanes) is 2. The predicted octanol–water partition coefficient (Wildman–Crippen LogP) is 4.82. The minimum absolute atomic E-state index is 0.00267. The predicted molar refractivity (Wildman–Crippen MR) is 179 cm³/mol. The van der Waals surface area contributed by atoms with Crippen molar-refractivity contribution in [2.75, 3.05) is 26.8 Å². The van der Waals surface area contributed by atoms with Gasteiger partial charge in [-0.3, -0.25) is 14.4 Å². The van der Waals surface area contributed by atoms with Crippen molar-refractivity contribution in [3.8, 4) is 11.5 Å². The number of aliphatic hydroxyl groups excluding tert-OH is 2. The second kappa shape index (κ2) is 15.0. The molecule has 2 amide bonds. The maximum atomic E-state index is 14.2. The first-order chi connectivity index (χ1) is 21.7. The zero-order valence-electron chi connectivity index (χ0n) is 26.2. The molecular weight excluding hydrogens is 687 g/mol. The topological polar surface area (TPSA) is 125 Å². The van der Waals surface area contributed by atoms with Gasteiger partial charge in [0.05, 0.1) is 23.3 Å². The fourth-order valence-corrected chi connectivity index (χ4v) is 9.53. The molecule has 0 unspecified atom stereocenters. The first kappa shape index (κ1) is 33.9. The van der Waals surface area contributed by atoms with Gasteiger partial charge in [0, 0.05) is 37.1 Å². The molecule has 1 aromatic rings. The average molecular weight is 735 g/mol. The van der Waals surface area contributed by atoms with Crippen LogP contribution in [0.3, 0.4) is 0 Å². The van der Waals surface area contributed by atoms with Crippen molar-refractivity contribution in [2.45, 2.75) is 88.9 Å². The molecule has 0 saturated heterocycles. The zero-order chi connectivity index (χ0) is 32.1. The SMILES string of the molecule is C=CCCCCC(=O)N(CC12CC3CC(CC(C3)C1)C2)[C@@H]1CC(C(=O)NCCO)=C[C@H](Oc2c(I)cc(C=O)cc2OC)[C@H]1O. The second-order valence-electron chi connectivity index (χ2n) is 13.6. The van der Waals surface area contributed by atoms with Crippen molar-refractivity contribution in [1.82, 2.24) is 10.2 Å². The maximum Gasteiger partial charge on any atom is 0.247 e. The van der Waals surface area contributed by atoms with Crippen molar-refractivity contribution in [3.63, 3.8) is 0 Å². The monoisotopic (exact) mass is 734 g/mol. The number of rotatable bonds is 15. The minimum Gasteiger partial charge on any atom is -0.493 e. The molecule has 1 aromatic carbocycles. The average Bonchev–Trinajstić information content (AvgIpc) is 3.01. The van der Waals surface area contributed by atoms with E-state index < -0.39 is 18.2 Å². The molecule has 4 fully saturated rings. The Morgan fingerprint density at radius 3 is 2.44 bits per heavy atom. The number of hydrogen-bond donors (Lipinski definition) is 3. The largest absolute Gasteiger partial charge is 0.493 e. The van der Waals surface area contributed by atoms with Crippen LogP contribution in [0.4, 0.5) is 0 Å². The second-order valence-corrected chi connectivity index (χ2v) is 14.8. The Morgan fingerprint density at radius 2 is 1.84 bits per heavy atom. The summed E-state index contributed by atoms with van der Waals surface area (Å²) in [5.41, 5.74) is 0.858. The molecule has 246 valence electrons. The molecule has 5 aliphatic carbocycles. The van der Waals surface area contributed by atoms with E-state index >= 15 is 0 Å². The molecular formula is C35H47IN2O7. The third kappa shape index (κ3) is 7.76. The smallest absolute Gasteiger partial charge is 0.247 e. The number of ether oxygens (including phenoxy) is 2. The molecule has 3 N–H and O–H groups in total. The van der Waals surface area contributed by atoms with Crippen molar-refractivity contribution in [1.29, 1.82) is 0 Å². The standard InChI is InChI=1S/C35H47IN2O7/c1-3-4-5-6-7-31(41)38(21-35-17-22-10-23(18-35)12-24(11-22)19-35)28-15-26(34(43)37-8-9-39)16-29(32(28)42)45-33-27(36)13-25(20-40)14-30(33)44-2/h3,13-14,16,20,22-24,28-29,32,39,42H,1,4-12,15,17-19,21H2,2H3,(H,37,43)/t22?,23?,24?,28-,29+,32+,35?/m1/s1. The Kier molecular flexibility index (Phi) is 11.3. The van der Waals surface area contributed by atoms with Crippen molar-refractivity contribution in [3.05, 3.63) is 45.6 Å². The first-order valence-corrected chi connectivity index (χ1v) is 17.4. The Balaban J connectivity index is 1.48. The van der Waals surface area contributed by atoms with Crippen LogP contribution < -0.4 is 14.8 Å². The Bertz CT molecular complexity index is 1260.